The van der Waals surface area contributed by atoms with Crippen molar-refractivity contribution in [2.24, 2.45) is 5.73 Å². The van der Waals surface area contributed by atoms with Crippen molar-refractivity contribution in [3.63, 3.8) is 0 Å². The van der Waals surface area contributed by atoms with Crippen LogP contribution in [0.25, 0.3) is 0 Å². The van der Waals surface area contributed by atoms with E-state index >= 15 is 0 Å². The summed E-state index contributed by atoms with van der Waals surface area (Å²) in [5.41, 5.74) is 6.77. The highest BCUT2D eigenvalue weighted by molar-refractivity contribution is 9.10. The SMILES string of the molecule is CN(C)CCn1ncc(N[C@@H]2CCCC[C@H]2N)c(Br)c1=O. The fraction of sp³-hybridized carbons (Fsp3) is 0.714. The van der Waals surface area contributed by atoms with E-state index < -0.39 is 0 Å². The van der Waals surface area contributed by atoms with Gasteiger partial charge in [0.2, 0.25) is 0 Å². The molecule has 2 rings (SSSR count). The number of likely N-dealkylation sites (N-methyl/N-ethyl adjacent to an activating group) is 1. The molecular formula is C14H24BrN5O. The molecule has 1 fully saturated rings. The van der Waals surface area contributed by atoms with Gasteiger partial charge in [0.05, 0.1) is 18.4 Å². The van der Waals surface area contributed by atoms with Crippen LogP contribution in [0.3, 0.4) is 0 Å². The van der Waals surface area contributed by atoms with Crippen LogP contribution in [0.1, 0.15) is 25.7 Å². The third-order valence-electron chi connectivity index (χ3n) is 3.90. The molecule has 7 heteroatoms. The molecule has 3 N–H and O–H groups in total. The topological polar surface area (TPSA) is 76.2 Å². The summed E-state index contributed by atoms with van der Waals surface area (Å²) in [6.45, 7) is 1.35. The molecule has 0 saturated heterocycles. The number of hydrogen-bond acceptors (Lipinski definition) is 5. The Balaban J connectivity index is 2.11. The summed E-state index contributed by atoms with van der Waals surface area (Å²) in [5, 5.41) is 7.62. The molecule has 6 nitrogen and oxygen atoms in total. The third kappa shape index (κ3) is 4.28. The molecule has 0 aromatic carbocycles. The van der Waals surface area contributed by atoms with Crippen molar-refractivity contribution in [3.8, 4) is 0 Å². The standard InChI is InChI=1S/C14H24BrN5O/c1-19(2)7-8-20-14(21)13(15)12(9-17-20)18-11-6-4-3-5-10(11)16/h9-11,18H,3-8,16H2,1-2H3/t10-,11-/m1/s1. The maximum absolute atomic E-state index is 12.3. The third-order valence-corrected chi connectivity index (χ3v) is 4.67. The molecule has 1 aromatic heterocycles. The fourth-order valence-corrected chi connectivity index (χ4v) is 2.98. The second kappa shape index (κ2) is 7.38. The second-order valence-electron chi connectivity index (χ2n) is 5.90. The molecule has 0 bridgehead atoms. The van der Waals surface area contributed by atoms with Crippen molar-refractivity contribution in [3.05, 3.63) is 21.0 Å². The van der Waals surface area contributed by atoms with E-state index in [1.165, 1.54) is 17.5 Å². The van der Waals surface area contributed by atoms with E-state index in [9.17, 15) is 4.79 Å². The average molecular weight is 358 g/mol. The molecule has 0 radical (unpaired) electrons. The van der Waals surface area contributed by atoms with Crippen molar-refractivity contribution in [2.45, 2.75) is 44.3 Å². The Morgan fingerprint density at radius 1 is 1.48 bits per heavy atom. The zero-order valence-corrected chi connectivity index (χ0v) is 14.3. The van der Waals surface area contributed by atoms with Gasteiger partial charge in [-0.1, -0.05) is 12.8 Å². The molecule has 0 aliphatic heterocycles. The lowest BCUT2D eigenvalue weighted by molar-refractivity contribution is 0.367. The Labute approximate surface area is 133 Å². The Morgan fingerprint density at radius 3 is 2.86 bits per heavy atom. The van der Waals surface area contributed by atoms with Crippen LogP contribution in [0.5, 0.6) is 0 Å². The first-order valence-corrected chi connectivity index (χ1v) is 8.21. The fourth-order valence-electron chi connectivity index (χ4n) is 2.56. The van der Waals surface area contributed by atoms with Crippen LogP contribution >= 0.6 is 15.9 Å². The van der Waals surface area contributed by atoms with Crippen LogP contribution in [-0.4, -0.2) is 47.4 Å². The highest BCUT2D eigenvalue weighted by atomic mass is 79.9. The normalized spacial score (nSPS) is 22.5. The first-order valence-electron chi connectivity index (χ1n) is 7.41. The number of hydrogen-bond donors (Lipinski definition) is 2. The molecule has 1 aliphatic rings. The van der Waals surface area contributed by atoms with Gasteiger partial charge >= 0.3 is 0 Å². The molecule has 0 spiro atoms. The van der Waals surface area contributed by atoms with Crippen LogP contribution in [0, 0.1) is 0 Å². The summed E-state index contributed by atoms with van der Waals surface area (Å²) in [5.74, 6) is 0. The maximum atomic E-state index is 12.3. The number of halogens is 1. The molecule has 2 atom stereocenters. The number of nitrogens with zero attached hydrogens (tertiary/aromatic N) is 3. The Kier molecular flexibility index (Phi) is 5.78. The van der Waals surface area contributed by atoms with Crippen LogP contribution in [0.2, 0.25) is 0 Å². The van der Waals surface area contributed by atoms with Gasteiger partial charge in [-0.3, -0.25) is 4.79 Å². The highest BCUT2D eigenvalue weighted by Gasteiger charge is 2.22. The van der Waals surface area contributed by atoms with E-state index in [2.05, 4.69) is 26.3 Å². The van der Waals surface area contributed by atoms with E-state index in [1.54, 1.807) is 6.20 Å². The van der Waals surface area contributed by atoms with Gasteiger partial charge in [-0.05, 0) is 42.9 Å². The summed E-state index contributed by atoms with van der Waals surface area (Å²) >= 11 is 3.39. The molecular weight excluding hydrogens is 334 g/mol. The van der Waals surface area contributed by atoms with Crippen LogP contribution in [-0.2, 0) is 6.54 Å². The lowest BCUT2D eigenvalue weighted by Gasteiger charge is -2.30. The van der Waals surface area contributed by atoms with Crippen molar-refractivity contribution < 1.29 is 0 Å². The molecule has 21 heavy (non-hydrogen) atoms. The summed E-state index contributed by atoms with van der Waals surface area (Å²) in [7, 11) is 3.95. The molecule has 118 valence electrons. The second-order valence-corrected chi connectivity index (χ2v) is 6.70. The molecule has 0 amide bonds. The van der Waals surface area contributed by atoms with Crippen LogP contribution in [0.4, 0.5) is 5.69 Å². The molecule has 1 aliphatic carbocycles. The Bertz CT molecular complexity index is 531. The lowest BCUT2D eigenvalue weighted by Crippen LogP contribution is -2.43. The van der Waals surface area contributed by atoms with Crippen molar-refractivity contribution in [1.82, 2.24) is 14.7 Å². The van der Waals surface area contributed by atoms with Gasteiger partial charge < -0.3 is 16.0 Å². The van der Waals surface area contributed by atoms with Gasteiger partial charge in [-0.2, -0.15) is 5.10 Å². The van der Waals surface area contributed by atoms with Crippen molar-refractivity contribution in [2.75, 3.05) is 26.0 Å². The quantitative estimate of drug-likeness (QED) is 0.829. The van der Waals surface area contributed by atoms with Gasteiger partial charge in [0.15, 0.2) is 0 Å². The maximum Gasteiger partial charge on any atom is 0.283 e. The number of nitrogens with two attached hydrogens (primary N) is 1. The van der Waals surface area contributed by atoms with E-state index in [4.69, 9.17) is 5.73 Å². The van der Waals surface area contributed by atoms with Gasteiger partial charge in [0.1, 0.15) is 4.47 Å². The monoisotopic (exact) mass is 357 g/mol. The van der Waals surface area contributed by atoms with Crippen LogP contribution < -0.4 is 16.6 Å². The molecule has 0 unspecified atom stereocenters. The Hall–Kier alpha value is -0.920. The number of aromatic nitrogens is 2. The molecule has 1 heterocycles. The van der Waals surface area contributed by atoms with Gasteiger partial charge in [0, 0.05) is 18.6 Å². The van der Waals surface area contributed by atoms with Gasteiger partial charge in [-0.25, -0.2) is 4.68 Å². The predicted octanol–water partition coefficient (Wildman–Crippen LogP) is 1.25. The lowest BCUT2D eigenvalue weighted by atomic mass is 9.91. The zero-order valence-electron chi connectivity index (χ0n) is 12.7. The minimum Gasteiger partial charge on any atom is -0.378 e. The summed E-state index contributed by atoms with van der Waals surface area (Å²) in [6.07, 6.45) is 6.14. The van der Waals surface area contributed by atoms with Crippen molar-refractivity contribution in [1.29, 1.82) is 0 Å². The zero-order chi connectivity index (χ0) is 15.4. The largest absolute Gasteiger partial charge is 0.378 e. The van der Waals surface area contributed by atoms with Crippen molar-refractivity contribution >= 4 is 21.6 Å². The van der Waals surface area contributed by atoms with Gasteiger partial charge in [-0.15, -0.1) is 0 Å². The van der Waals surface area contributed by atoms with Gasteiger partial charge in [0.25, 0.3) is 5.56 Å². The van der Waals surface area contributed by atoms with E-state index in [-0.39, 0.29) is 17.6 Å². The van der Waals surface area contributed by atoms with Crippen LogP contribution in [0.15, 0.2) is 15.5 Å². The minimum atomic E-state index is -0.105. The average Bonchev–Trinajstić information content (AvgIpc) is 2.45. The summed E-state index contributed by atoms with van der Waals surface area (Å²) in [6, 6.07) is 0.357. The minimum absolute atomic E-state index is 0.105. The van der Waals surface area contributed by atoms with E-state index in [0.29, 0.717) is 11.0 Å². The number of nitrogens with one attached hydrogen (secondary N) is 1. The van der Waals surface area contributed by atoms with E-state index in [0.717, 1.165) is 25.1 Å². The first-order chi connectivity index (χ1) is 9.99. The molecule has 1 aromatic rings. The summed E-state index contributed by atoms with van der Waals surface area (Å²) in [4.78, 5) is 14.3. The van der Waals surface area contributed by atoms with E-state index in [1.807, 2.05) is 19.0 Å². The number of anilines is 1. The first kappa shape index (κ1) is 16.5. The summed E-state index contributed by atoms with van der Waals surface area (Å²) < 4.78 is 2.02. The highest BCUT2D eigenvalue weighted by Crippen LogP contribution is 2.23. The Morgan fingerprint density at radius 2 is 2.19 bits per heavy atom. The predicted molar refractivity (Wildman–Crippen MR) is 88.6 cm³/mol. The number of rotatable bonds is 5. The molecule has 1 saturated carbocycles. The smallest absolute Gasteiger partial charge is 0.283 e.